The van der Waals surface area contributed by atoms with Gasteiger partial charge in [0, 0.05) is 24.3 Å². The second-order valence-electron chi connectivity index (χ2n) is 4.10. The van der Waals surface area contributed by atoms with Crippen molar-refractivity contribution in [3.05, 3.63) is 29.8 Å². The Bertz CT molecular complexity index is 452. The molecule has 1 aromatic heterocycles. The fourth-order valence-electron chi connectivity index (χ4n) is 1.63. The highest BCUT2D eigenvalue weighted by Gasteiger charge is 2.09. The van der Waals surface area contributed by atoms with Crippen molar-refractivity contribution in [3.63, 3.8) is 0 Å². The molecule has 0 aliphatic carbocycles. The average molecular weight is 248 g/mol. The Hall–Kier alpha value is -1.49. The number of hydrogen-bond donors (Lipinski definition) is 0. The van der Waals surface area contributed by atoms with Crippen LogP contribution in [0.25, 0.3) is 0 Å². The predicted octanol–water partition coefficient (Wildman–Crippen LogP) is 3.21. The van der Waals surface area contributed by atoms with Gasteiger partial charge in [-0.1, -0.05) is 35.6 Å². The molecule has 0 radical (unpaired) electrons. The van der Waals surface area contributed by atoms with Crippen LogP contribution in [0.5, 0.6) is 0 Å². The highest BCUT2D eigenvalue weighted by Crippen LogP contribution is 2.26. The second kappa shape index (κ2) is 5.23. The molecule has 1 atom stereocenters. The molecule has 0 bridgehead atoms. The van der Waals surface area contributed by atoms with Crippen molar-refractivity contribution < 1.29 is 0 Å². The third-order valence-corrected chi connectivity index (χ3v) is 3.71. The van der Waals surface area contributed by atoms with E-state index in [2.05, 4.69) is 52.9 Å². The molecule has 0 saturated carbocycles. The Kier molecular flexibility index (Phi) is 3.68. The Balaban J connectivity index is 2.18. The fraction of sp³-hybridized carbons (Fsp3) is 0.417. The quantitative estimate of drug-likeness (QED) is 0.833. The van der Waals surface area contributed by atoms with Crippen LogP contribution in [-0.2, 0) is 0 Å². The van der Waals surface area contributed by atoms with Crippen LogP contribution >= 0.6 is 11.5 Å². The van der Waals surface area contributed by atoms with Crippen LogP contribution in [0.4, 0.5) is 10.8 Å². The highest BCUT2D eigenvalue weighted by atomic mass is 32.1. The van der Waals surface area contributed by atoms with Crippen molar-refractivity contribution >= 4 is 22.4 Å². The number of benzene rings is 1. The lowest BCUT2D eigenvalue weighted by Gasteiger charge is -2.16. The molecular formula is C12H16N4S. The Labute approximate surface area is 105 Å². The van der Waals surface area contributed by atoms with Gasteiger partial charge in [-0.05, 0) is 35.2 Å². The van der Waals surface area contributed by atoms with Crippen LogP contribution in [0.2, 0.25) is 0 Å². The van der Waals surface area contributed by atoms with E-state index in [9.17, 15) is 0 Å². The van der Waals surface area contributed by atoms with Gasteiger partial charge in [-0.2, -0.15) is 0 Å². The summed E-state index contributed by atoms with van der Waals surface area (Å²) in [5.74, 6) is 0.609. The molecule has 90 valence electrons. The molecule has 4 nitrogen and oxygen atoms in total. The summed E-state index contributed by atoms with van der Waals surface area (Å²) in [6.07, 6.45) is 1.16. The maximum atomic E-state index is 3.95. The molecule has 0 N–H and O–H groups in total. The van der Waals surface area contributed by atoms with Gasteiger partial charge in [-0.25, -0.2) is 0 Å². The van der Waals surface area contributed by atoms with Crippen molar-refractivity contribution in [2.75, 3.05) is 11.9 Å². The summed E-state index contributed by atoms with van der Waals surface area (Å²) in [4.78, 5) is 1.99. The van der Waals surface area contributed by atoms with Gasteiger partial charge < -0.3 is 4.90 Å². The average Bonchev–Trinajstić information content (AvgIpc) is 2.91. The molecular weight excluding hydrogens is 232 g/mol. The van der Waals surface area contributed by atoms with Gasteiger partial charge in [-0.3, -0.25) is 0 Å². The van der Waals surface area contributed by atoms with Crippen LogP contribution < -0.4 is 4.90 Å². The van der Waals surface area contributed by atoms with Crippen molar-refractivity contribution in [3.8, 4) is 0 Å². The standard InChI is InChI=1S/C12H16N4S/c1-4-9(2)10-5-7-11(8-6-10)16(3)12-13-14-15-17-12/h5-9H,4H2,1-3H3. The van der Waals surface area contributed by atoms with Gasteiger partial charge in [0.25, 0.3) is 0 Å². The molecule has 2 rings (SSSR count). The first-order valence-corrected chi connectivity index (χ1v) is 6.48. The van der Waals surface area contributed by atoms with E-state index in [4.69, 9.17) is 0 Å². The molecule has 0 amide bonds. The fourth-order valence-corrected chi connectivity index (χ4v) is 2.08. The van der Waals surface area contributed by atoms with Crippen molar-refractivity contribution in [2.24, 2.45) is 0 Å². The minimum Gasteiger partial charge on any atom is -0.318 e. The van der Waals surface area contributed by atoms with Crippen LogP contribution in [0.1, 0.15) is 31.7 Å². The highest BCUT2D eigenvalue weighted by molar-refractivity contribution is 7.09. The van der Waals surface area contributed by atoms with E-state index >= 15 is 0 Å². The lowest BCUT2D eigenvalue weighted by atomic mass is 9.98. The number of aromatic nitrogens is 3. The number of hydrogen-bond acceptors (Lipinski definition) is 5. The number of nitrogens with zero attached hydrogens (tertiary/aromatic N) is 4. The molecule has 1 unspecified atom stereocenters. The second-order valence-corrected chi connectivity index (χ2v) is 4.82. The van der Waals surface area contributed by atoms with E-state index in [1.54, 1.807) is 0 Å². The summed E-state index contributed by atoms with van der Waals surface area (Å²) in [6, 6.07) is 8.58. The summed E-state index contributed by atoms with van der Waals surface area (Å²) >= 11 is 1.29. The first kappa shape index (κ1) is 12.0. The zero-order chi connectivity index (χ0) is 12.3. The van der Waals surface area contributed by atoms with Gasteiger partial charge in [-0.15, -0.1) is 0 Å². The maximum absolute atomic E-state index is 3.95. The minimum atomic E-state index is 0.609. The topological polar surface area (TPSA) is 41.9 Å². The Morgan fingerprint density at radius 1 is 1.29 bits per heavy atom. The van der Waals surface area contributed by atoms with Gasteiger partial charge >= 0.3 is 0 Å². The SMILES string of the molecule is CCC(C)c1ccc(N(C)c2nnns2)cc1. The van der Waals surface area contributed by atoms with E-state index in [0.717, 1.165) is 17.2 Å². The molecule has 0 aliphatic heterocycles. The van der Waals surface area contributed by atoms with Crippen molar-refractivity contribution in [1.82, 2.24) is 14.8 Å². The van der Waals surface area contributed by atoms with E-state index in [-0.39, 0.29) is 0 Å². The third kappa shape index (κ3) is 2.61. The smallest absolute Gasteiger partial charge is 0.232 e. The normalized spacial score (nSPS) is 12.4. The van der Waals surface area contributed by atoms with E-state index in [1.807, 2.05) is 11.9 Å². The molecule has 0 saturated heterocycles. The summed E-state index contributed by atoms with van der Waals surface area (Å²) in [5, 5.41) is 8.36. The lowest BCUT2D eigenvalue weighted by molar-refractivity contribution is 0.733. The predicted molar refractivity (Wildman–Crippen MR) is 70.9 cm³/mol. The maximum Gasteiger partial charge on any atom is 0.232 e. The third-order valence-electron chi connectivity index (χ3n) is 3.04. The first-order chi connectivity index (χ1) is 8.22. The first-order valence-electron chi connectivity index (χ1n) is 5.71. The largest absolute Gasteiger partial charge is 0.318 e. The summed E-state index contributed by atoms with van der Waals surface area (Å²) in [5.41, 5.74) is 2.48. The molecule has 1 aromatic carbocycles. The monoisotopic (exact) mass is 248 g/mol. The summed E-state index contributed by atoms with van der Waals surface area (Å²) < 4.78 is 3.77. The molecule has 0 aliphatic rings. The van der Waals surface area contributed by atoms with E-state index in [1.165, 1.54) is 17.1 Å². The van der Waals surface area contributed by atoms with Gasteiger partial charge in [0.15, 0.2) is 0 Å². The molecule has 17 heavy (non-hydrogen) atoms. The van der Waals surface area contributed by atoms with Crippen LogP contribution in [0.15, 0.2) is 24.3 Å². The Morgan fingerprint density at radius 2 is 2.00 bits per heavy atom. The molecule has 0 spiro atoms. The summed E-state index contributed by atoms with van der Waals surface area (Å²) in [7, 11) is 1.97. The van der Waals surface area contributed by atoms with Crippen molar-refractivity contribution in [1.29, 1.82) is 0 Å². The minimum absolute atomic E-state index is 0.609. The van der Waals surface area contributed by atoms with E-state index in [0.29, 0.717) is 5.92 Å². The molecule has 2 aromatic rings. The Morgan fingerprint density at radius 3 is 2.53 bits per heavy atom. The zero-order valence-electron chi connectivity index (χ0n) is 10.3. The zero-order valence-corrected chi connectivity index (χ0v) is 11.1. The number of anilines is 2. The van der Waals surface area contributed by atoms with E-state index < -0.39 is 0 Å². The van der Waals surface area contributed by atoms with Gasteiger partial charge in [0.1, 0.15) is 0 Å². The molecule has 5 heteroatoms. The van der Waals surface area contributed by atoms with Gasteiger partial charge in [0.05, 0.1) is 0 Å². The van der Waals surface area contributed by atoms with Crippen molar-refractivity contribution in [2.45, 2.75) is 26.2 Å². The lowest BCUT2D eigenvalue weighted by Crippen LogP contribution is -2.09. The van der Waals surface area contributed by atoms with Crippen LogP contribution in [-0.4, -0.2) is 21.8 Å². The summed E-state index contributed by atoms with van der Waals surface area (Å²) in [6.45, 7) is 4.45. The molecule has 0 fully saturated rings. The van der Waals surface area contributed by atoms with Gasteiger partial charge in [0.2, 0.25) is 5.13 Å². The van der Waals surface area contributed by atoms with Crippen LogP contribution in [0.3, 0.4) is 0 Å². The number of rotatable bonds is 4. The van der Waals surface area contributed by atoms with Crippen LogP contribution in [0, 0.1) is 0 Å². The molecule has 1 heterocycles.